The van der Waals surface area contributed by atoms with Gasteiger partial charge in [-0.25, -0.2) is 42.3 Å². The Bertz CT molecular complexity index is 3070. The molecule has 22 heteroatoms. The topological polar surface area (TPSA) is 158 Å². The second kappa shape index (κ2) is 27.5. The average Bonchev–Trinajstić information content (AvgIpc) is 3.47. The van der Waals surface area contributed by atoms with Crippen molar-refractivity contribution in [2.24, 2.45) is 0 Å². The molecule has 0 unspecified atom stereocenters. The van der Waals surface area contributed by atoms with Crippen LogP contribution >= 0.6 is 24.0 Å². The molecule has 6 aromatic rings. The van der Waals surface area contributed by atoms with Crippen LogP contribution in [0.5, 0.6) is 11.5 Å². The van der Waals surface area contributed by atoms with Crippen molar-refractivity contribution in [2.45, 2.75) is 90.1 Å². The highest BCUT2D eigenvalue weighted by molar-refractivity contribution is 6.62. The standard InChI is InChI=1S/C29H34F2N6O2.C26H29F2N5O.C3H6ClNO.ClH/c1-18(2)37-11-12-39-28-23(30)13-21(14-25(28)37)27-24(31)17-33-26(34-27)15-22-6-5-20(16-32-22)19-7-9-36(10-8-19)29(38)35(3)4;1-16(2)33-9-10-34-26-21(27)11-19(12-23(26)33)25-22(28)15-31-24(32-25)13-20-4-3-18(14-30-20)17-5-7-29-8-6-17;1-5(2)3(4)6;/h5-6,13-14,16-19H,7-12,15H2,1-4H3;3-4,11-12,14-17,29H,5-10,13H2,1-2H3;1-2H3;1H. The number of carbonyl (C=O) groups is 2. The van der Waals surface area contributed by atoms with Gasteiger partial charge in [-0.3, -0.25) is 14.8 Å². The zero-order valence-electron chi connectivity index (χ0n) is 46.5. The molecule has 2 fully saturated rings. The number of ether oxygens (including phenoxy) is 2. The predicted octanol–water partition coefficient (Wildman–Crippen LogP) is 10.7. The van der Waals surface area contributed by atoms with Gasteiger partial charge in [0, 0.05) is 88.3 Å². The Morgan fingerprint density at radius 3 is 1.41 bits per heavy atom. The second-order valence-electron chi connectivity index (χ2n) is 21.0. The van der Waals surface area contributed by atoms with Crippen molar-refractivity contribution in [3.8, 4) is 34.0 Å². The summed E-state index contributed by atoms with van der Waals surface area (Å²) in [6.45, 7) is 13.7. The smallest absolute Gasteiger partial charge is 0.319 e. The number of anilines is 2. The van der Waals surface area contributed by atoms with E-state index >= 15 is 0 Å². The molecular formula is C58H70Cl2F4N12O4. The van der Waals surface area contributed by atoms with E-state index in [4.69, 9.17) is 21.1 Å². The quantitative estimate of drug-likeness (QED) is 0.0786. The minimum absolute atomic E-state index is 0. The van der Waals surface area contributed by atoms with E-state index in [-0.39, 0.29) is 53.4 Å². The molecule has 0 aliphatic carbocycles. The van der Waals surface area contributed by atoms with Crippen molar-refractivity contribution in [3.05, 3.63) is 131 Å². The molecule has 0 bridgehead atoms. The molecule has 2 aromatic carbocycles. The summed E-state index contributed by atoms with van der Waals surface area (Å²) in [7, 11) is 6.72. The number of rotatable bonds is 10. The molecule has 0 saturated carbocycles. The number of halogens is 6. The molecule has 10 rings (SSSR count). The van der Waals surface area contributed by atoms with Crippen molar-refractivity contribution < 1.29 is 36.6 Å². The Hall–Kier alpha value is -6.90. The fraction of sp³-hybridized carbons (Fsp3) is 0.448. The Morgan fingerprint density at radius 2 is 1.04 bits per heavy atom. The first-order valence-electron chi connectivity index (χ1n) is 26.8. The summed E-state index contributed by atoms with van der Waals surface area (Å²) in [5, 5.41) is 2.94. The number of piperidine rings is 2. The van der Waals surface area contributed by atoms with E-state index in [1.54, 1.807) is 45.2 Å². The Labute approximate surface area is 476 Å². The summed E-state index contributed by atoms with van der Waals surface area (Å²) in [6, 6.07) is 14.5. The molecule has 80 heavy (non-hydrogen) atoms. The number of fused-ring (bicyclic) bond motifs is 2. The van der Waals surface area contributed by atoms with Crippen LogP contribution in [0.1, 0.15) is 99.4 Å². The van der Waals surface area contributed by atoms with Gasteiger partial charge in [0.15, 0.2) is 34.8 Å². The summed E-state index contributed by atoms with van der Waals surface area (Å²) in [4.78, 5) is 57.3. The summed E-state index contributed by atoms with van der Waals surface area (Å²) in [5.74, 6) is -0.160. The molecule has 2 saturated heterocycles. The van der Waals surface area contributed by atoms with Gasteiger partial charge in [0.25, 0.3) is 0 Å². The van der Waals surface area contributed by atoms with Crippen LogP contribution in [0.25, 0.3) is 22.5 Å². The van der Waals surface area contributed by atoms with E-state index in [1.807, 2.05) is 62.0 Å². The van der Waals surface area contributed by atoms with E-state index < -0.39 is 28.6 Å². The van der Waals surface area contributed by atoms with Crippen LogP contribution in [0.15, 0.2) is 73.3 Å². The van der Waals surface area contributed by atoms with Crippen molar-refractivity contribution in [3.63, 3.8) is 0 Å². The number of aromatic nitrogens is 6. The van der Waals surface area contributed by atoms with Crippen LogP contribution in [0.2, 0.25) is 0 Å². The minimum atomic E-state index is -0.617. The van der Waals surface area contributed by atoms with Gasteiger partial charge in [0.2, 0.25) is 0 Å². The number of hydrogen-bond acceptors (Lipinski definition) is 13. The minimum Gasteiger partial charge on any atom is -0.486 e. The molecule has 4 aromatic heterocycles. The van der Waals surface area contributed by atoms with Crippen LogP contribution in [-0.2, 0) is 12.8 Å². The maximum Gasteiger partial charge on any atom is 0.319 e. The third-order valence-electron chi connectivity index (χ3n) is 14.4. The SMILES string of the molecule is CC(C)N1CCOc2c(F)cc(-c3nc(Cc4ccc(C5CCN(C(=O)N(C)C)CC5)cn4)ncc3F)cc21.CC(C)N1CCOc2c(F)cc(-c3nc(Cc4ccc(C5CCNCC5)cn4)ncc3F)cc21.CN(C)C(=O)Cl.Cl. The number of urea groups is 1. The third-order valence-corrected chi connectivity index (χ3v) is 14.7. The maximum absolute atomic E-state index is 15.0. The summed E-state index contributed by atoms with van der Waals surface area (Å²) >= 11 is 4.90. The molecule has 0 radical (unpaired) electrons. The maximum atomic E-state index is 15.0. The molecule has 8 heterocycles. The van der Waals surface area contributed by atoms with Gasteiger partial charge in [-0.05, 0) is 137 Å². The van der Waals surface area contributed by atoms with Gasteiger partial charge in [0.05, 0.1) is 49.7 Å². The van der Waals surface area contributed by atoms with E-state index in [0.717, 1.165) is 81.2 Å². The molecule has 3 amide bonds. The highest BCUT2D eigenvalue weighted by Gasteiger charge is 2.29. The molecule has 16 nitrogen and oxygen atoms in total. The predicted molar refractivity (Wildman–Crippen MR) is 304 cm³/mol. The van der Waals surface area contributed by atoms with Crippen LogP contribution in [0.4, 0.5) is 38.5 Å². The lowest BCUT2D eigenvalue weighted by Crippen LogP contribution is -2.43. The highest BCUT2D eigenvalue weighted by atomic mass is 35.5. The number of carbonyl (C=O) groups excluding carboxylic acids is 2. The number of likely N-dealkylation sites (tertiary alicyclic amines) is 1. The van der Waals surface area contributed by atoms with Crippen LogP contribution in [0, 0.1) is 23.3 Å². The molecule has 0 spiro atoms. The zero-order valence-corrected chi connectivity index (χ0v) is 48.1. The van der Waals surface area contributed by atoms with Gasteiger partial charge in [-0.2, -0.15) is 0 Å². The second-order valence-corrected chi connectivity index (χ2v) is 21.3. The lowest BCUT2D eigenvalue weighted by Gasteiger charge is -2.34. The van der Waals surface area contributed by atoms with Gasteiger partial charge >= 0.3 is 11.4 Å². The number of hydrogen-bond donors (Lipinski definition) is 1. The molecule has 4 aliphatic rings. The first-order valence-corrected chi connectivity index (χ1v) is 27.2. The van der Waals surface area contributed by atoms with E-state index in [0.29, 0.717) is 85.1 Å². The lowest BCUT2D eigenvalue weighted by molar-refractivity contribution is 0.156. The van der Waals surface area contributed by atoms with Crippen molar-refractivity contribution in [1.82, 2.24) is 49.9 Å². The van der Waals surface area contributed by atoms with E-state index in [2.05, 4.69) is 52.3 Å². The number of amides is 3. The van der Waals surface area contributed by atoms with Crippen LogP contribution in [0.3, 0.4) is 0 Å². The average molecular weight is 1150 g/mol. The Morgan fingerprint density at radius 1 is 0.613 bits per heavy atom. The van der Waals surface area contributed by atoms with Gasteiger partial charge < -0.3 is 39.3 Å². The fourth-order valence-corrected chi connectivity index (χ4v) is 10.1. The van der Waals surface area contributed by atoms with Gasteiger partial charge in [0.1, 0.15) is 36.3 Å². The first kappa shape index (κ1) is 60.7. The van der Waals surface area contributed by atoms with Gasteiger partial charge in [-0.15, -0.1) is 12.4 Å². The van der Waals surface area contributed by atoms with E-state index in [1.165, 1.54) is 22.6 Å². The summed E-state index contributed by atoms with van der Waals surface area (Å²) in [5.41, 5.74) is 5.99. The third kappa shape index (κ3) is 14.9. The summed E-state index contributed by atoms with van der Waals surface area (Å²) < 4.78 is 70.6. The fourth-order valence-electron chi connectivity index (χ4n) is 10.1. The zero-order chi connectivity index (χ0) is 56.5. The van der Waals surface area contributed by atoms with Crippen molar-refractivity contribution in [2.75, 3.05) is 90.5 Å². The van der Waals surface area contributed by atoms with Crippen molar-refractivity contribution in [1.29, 1.82) is 0 Å². The lowest BCUT2D eigenvalue weighted by atomic mass is 9.90. The molecule has 4 aliphatic heterocycles. The van der Waals surface area contributed by atoms with E-state index in [9.17, 15) is 27.2 Å². The molecule has 0 atom stereocenters. The van der Waals surface area contributed by atoms with Crippen LogP contribution < -0.4 is 24.6 Å². The van der Waals surface area contributed by atoms with Crippen LogP contribution in [-0.4, -0.2) is 149 Å². The highest BCUT2D eigenvalue weighted by Crippen LogP contribution is 2.41. The number of benzene rings is 2. The molecular weight excluding hydrogens is 1080 g/mol. The van der Waals surface area contributed by atoms with Gasteiger partial charge in [-0.1, -0.05) is 12.1 Å². The number of pyridine rings is 2. The Kier molecular flexibility index (Phi) is 20.9. The molecule has 1 N–H and O–H groups in total. The summed E-state index contributed by atoms with van der Waals surface area (Å²) in [6.07, 6.45) is 10.8. The number of nitrogens with zero attached hydrogens (tertiary/aromatic N) is 11. The number of nitrogens with one attached hydrogen (secondary N) is 1. The first-order chi connectivity index (χ1) is 37.8. The molecule has 428 valence electrons. The van der Waals surface area contributed by atoms with Crippen molar-refractivity contribution >= 4 is 46.8 Å². The Balaban J connectivity index is 0.000000209. The monoisotopic (exact) mass is 1140 g/mol. The normalized spacial score (nSPS) is 15.3. The largest absolute Gasteiger partial charge is 0.486 e.